The quantitative estimate of drug-likeness (QED) is 0.228. The third-order valence-corrected chi connectivity index (χ3v) is 9.03. The molecular weight excluding hydrogens is 565 g/mol. The molecule has 5 rings (SSSR count). The van der Waals surface area contributed by atoms with Gasteiger partial charge in [-0.2, -0.15) is 18.4 Å². The first-order valence-electron chi connectivity index (χ1n) is 11.8. The number of aliphatic hydroxyl groups is 1. The summed E-state index contributed by atoms with van der Waals surface area (Å²) in [4.78, 5) is 13.7. The van der Waals surface area contributed by atoms with Gasteiger partial charge in [-0.25, -0.2) is 0 Å². The van der Waals surface area contributed by atoms with Crippen LogP contribution in [0.2, 0.25) is 5.02 Å². The number of carbonyl (C=O) groups is 1. The number of hydrogen-bond donors (Lipinski definition) is 2. The van der Waals surface area contributed by atoms with E-state index >= 15 is 0 Å². The van der Waals surface area contributed by atoms with Crippen LogP contribution in [0.5, 0.6) is 0 Å². The summed E-state index contributed by atoms with van der Waals surface area (Å²) >= 11 is 8.37. The van der Waals surface area contributed by atoms with E-state index in [1.807, 2.05) is 48.5 Å². The van der Waals surface area contributed by atoms with E-state index in [-0.39, 0.29) is 31.8 Å². The van der Waals surface area contributed by atoms with Crippen LogP contribution in [-0.4, -0.2) is 22.8 Å². The molecule has 0 saturated heterocycles. The van der Waals surface area contributed by atoms with Gasteiger partial charge in [0.05, 0.1) is 27.5 Å². The smallest absolute Gasteiger partial charge is 0.363 e. The molecule has 0 amide bonds. The number of nitrogens with one attached hydrogen (secondary N) is 1. The molecule has 4 nitrogen and oxygen atoms in total. The molecule has 0 bridgehead atoms. The zero-order valence-electron chi connectivity index (χ0n) is 20.1. The molecular formula is C29H20ClF3N2O2S2. The van der Waals surface area contributed by atoms with E-state index in [9.17, 15) is 28.3 Å². The highest BCUT2D eigenvalue weighted by Gasteiger charge is 2.66. The van der Waals surface area contributed by atoms with E-state index in [2.05, 4.69) is 5.32 Å². The van der Waals surface area contributed by atoms with Crippen molar-refractivity contribution in [2.75, 3.05) is 0 Å². The van der Waals surface area contributed by atoms with Gasteiger partial charge in [0.1, 0.15) is 0 Å². The highest BCUT2D eigenvalue weighted by Crippen LogP contribution is 2.52. The van der Waals surface area contributed by atoms with Crippen molar-refractivity contribution in [3.05, 3.63) is 116 Å². The van der Waals surface area contributed by atoms with Gasteiger partial charge in [0.15, 0.2) is 5.78 Å². The predicted molar refractivity (Wildman–Crippen MR) is 148 cm³/mol. The zero-order valence-corrected chi connectivity index (χ0v) is 22.5. The van der Waals surface area contributed by atoms with Crippen molar-refractivity contribution in [2.24, 2.45) is 5.92 Å². The topological polar surface area (TPSA) is 73.1 Å². The van der Waals surface area contributed by atoms with Crippen LogP contribution in [0.3, 0.4) is 0 Å². The maximum Gasteiger partial charge on any atom is 0.437 e. The van der Waals surface area contributed by atoms with Crippen LogP contribution in [0, 0.1) is 17.2 Å². The Kier molecular flexibility index (Phi) is 7.49. The van der Waals surface area contributed by atoms with Gasteiger partial charge in [-0.1, -0.05) is 78.3 Å². The lowest BCUT2D eigenvalue weighted by molar-refractivity contribution is -0.285. The first kappa shape index (κ1) is 27.3. The van der Waals surface area contributed by atoms with Gasteiger partial charge >= 0.3 is 6.18 Å². The second-order valence-electron chi connectivity index (χ2n) is 8.99. The monoisotopic (exact) mass is 584 g/mol. The Labute approximate surface area is 235 Å². The number of carbonyl (C=O) groups excluding carboxylic acids is 1. The lowest BCUT2D eigenvalue weighted by Gasteiger charge is -2.45. The SMILES string of the molecule is N#CC1=C(SCc2cccc3ccccc23)N[C@](O)(C(F)(F)F)[C@@H](C(=O)c2cccs2)[C@H]1c1ccccc1Cl. The molecule has 1 aromatic heterocycles. The van der Waals surface area contributed by atoms with E-state index in [0.29, 0.717) is 0 Å². The number of hydrogen-bond acceptors (Lipinski definition) is 6. The Morgan fingerprint density at radius 2 is 1.79 bits per heavy atom. The third-order valence-electron chi connectivity index (χ3n) is 6.73. The summed E-state index contributed by atoms with van der Waals surface area (Å²) in [6, 6.07) is 24.3. The molecule has 2 heterocycles. The van der Waals surface area contributed by atoms with E-state index in [4.69, 9.17) is 11.6 Å². The fourth-order valence-corrected chi connectivity index (χ4v) is 6.96. The summed E-state index contributed by atoms with van der Waals surface area (Å²) in [5, 5.41) is 27.2. The Morgan fingerprint density at radius 1 is 1.08 bits per heavy atom. The van der Waals surface area contributed by atoms with E-state index < -0.39 is 29.5 Å². The largest absolute Gasteiger partial charge is 0.437 e. The number of benzene rings is 3. The molecule has 3 aromatic carbocycles. The van der Waals surface area contributed by atoms with Crippen molar-refractivity contribution >= 4 is 51.3 Å². The normalized spacial score (nSPS) is 21.4. The summed E-state index contributed by atoms with van der Waals surface area (Å²) in [7, 11) is 0. The molecule has 0 radical (unpaired) electrons. The molecule has 0 fully saturated rings. The molecule has 39 heavy (non-hydrogen) atoms. The van der Waals surface area contributed by atoms with Crippen molar-refractivity contribution in [1.29, 1.82) is 5.26 Å². The number of allylic oxidation sites excluding steroid dienone is 1. The van der Waals surface area contributed by atoms with Gasteiger partial charge in [0.2, 0.25) is 5.72 Å². The summed E-state index contributed by atoms with van der Waals surface area (Å²) in [5.74, 6) is -4.29. The van der Waals surface area contributed by atoms with Crippen LogP contribution in [0.1, 0.15) is 26.7 Å². The molecule has 0 saturated carbocycles. The Balaban J connectivity index is 1.68. The number of halogens is 4. The Morgan fingerprint density at radius 3 is 2.49 bits per heavy atom. The van der Waals surface area contributed by atoms with Crippen molar-refractivity contribution in [3.63, 3.8) is 0 Å². The average Bonchev–Trinajstić information content (AvgIpc) is 3.46. The van der Waals surface area contributed by atoms with E-state index in [1.165, 1.54) is 24.3 Å². The minimum Gasteiger partial charge on any atom is -0.363 e. The van der Waals surface area contributed by atoms with Gasteiger partial charge in [-0.05, 0) is 39.4 Å². The molecule has 3 atom stereocenters. The number of thioether (sulfide) groups is 1. The fourth-order valence-electron chi connectivity index (χ4n) is 4.89. The number of nitriles is 1. The molecule has 10 heteroatoms. The second kappa shape index (κ2) is 10.7. The van der Waals surface area contributed by atoms with Crippen molar-refractivity contribution in [3.8, 4) is 6.07 Å². The van der Waals surface area contributed by atoms with Gasteiger partial charge in [0.25, 0.3) is 0 Å². The van der Waals surface area contributed by atoms with Crippen LogP contribution < -0.4 is 5.32 Å². The molecule has 198 valence electrons. The maximum atomic E-state index is 14.7. The van der Waals surface area contributed by atoms with Crippen molar-refractivity contribution < 1.29 is 23.1 Å². The fraction of sp³-hybridized carbons (Fsp3) is 0.172. The van der Waals surface area contributed by atoms with Gasteiger partial charge < -0.3 is 10.4 Å². The maximum absolute atomic E-state index is 14.7. The summed E-state index contributed by atoms with van der Waals surface area (Å²) < 4.78 is 44.2. The number of Topliss-reactive ketones (excluding diaryl/α,β-unsaturated/α-hetero) is 1. The molecule has 4 aromatic rings. The third kappa shape index (κ3) is 4.94. The number of fused-ring (bicyclic) bond motifs is 1. The minimum atomic E-state index is -5.27. The van der Waals surface area contributed by atoms with Crippen LogP contribution in [0.25, 0.3) is 10.8 Å². The first-order valence-corrected chi connectivity index (χ1v) is 14.0. The summed E-state index contributed by atoms with van der Waals surface area (Å²) in [6.07, 6.45) is -5.27. The number of thiophene rings is 1. The van der Waals surface area contributed by atoms with E-state index in [1.54, 1.807) is 17.5 Å². The second-order valence-corrected chi connectivity index (χ2v) is 11.3. The van der Waals surface area contributed by atoms with Crippen LogP contribution >= 0.6 is 34.7 Å². The number of rotatable bonds is 6. The van der Waals surface area contributed by atoms with Crippen molar-refractivity contribution in [2.45, 2.75) is 23.6 Å². The molecule has 1 aliphatic rings. The zero-order chi connectivity index (χ0) is 27.8. The highest BCUT2D eigenvalue weighted by molar-refractivity contribution is 8.02. The number of ketones is 1. The summed E-state index contributed by atoms with van der Waals surface area (Å²) in [5.41, 5.74) is -2.78. The standard InChI is InChI=1S/C29H20ClF3N2O2S2/c30-22-12-4-3-11-20(22)24-21(15-34)27(39-16-18-9-5-8-17-7-1-2-10-19(17)18)35-28(37,29(31,32)33)25(24)26(36)23-13-6-14-38-23/h1-14,24-25,35,37H,16H2/t24-,25+,28+/m0/s1. The number of nitrogens with zero attached hydrogens (tertiary/aromatic N) is 1. The first-order chi connectivity index (χ1) is 18.7. The van der Waals surface area contributed by atoms with Crippen LogP contribution in [-0.2, 0) is 5.75 Å². The number of alkyl halides is 3. The molecule has 1 aliphatic heterocycles. The van der Waals surface area contributed by atoms with Crippen LogP contribution in [0.4, 0.5) is 13.2 Å². The lowest BCUT2D eigenvalue weighted by Crippen LogP contribution is -2.66. The van der Waals surface area contributed by atoms with Gasteiger partial charge in [0, 0.05) is 16.7 Å². The summed E-state index contributed by atoms with van der Waals surface area (Å²) in [6.45, 7) is 0. The average molecular weight is 585 g/mol. The molecule has 0 aliphatic carbocycles. The molecule has 2 N–H and O–H groups in total. The molecule has 0 unspecified atom stereocenters. The predicted octanol–water partition coefficient (Wildman–Crippen LogP) is 7.66. The van der Waals surface area contributed by atoms with Crippen molar-refractivity contribution in [1.82, 2.24) is 5.32 Å². The van der Waals surface area contributed by atoms with E-state index in [0.717, 1.165) is 39.4 Å². The minimum absolute atomic E-state index is 0.0330. The van der Waals surface area contributed by atoms with Gasteiger partial charge in [-0.3, -0.25) is 4.79 Å². The molecule has 0 spiro atoms. The Bertz CT molecular complexity index is 1610. The van der Waals surface area contributed by atoms with Gasteiger partial charge in [-0.15, -0.1) is 23.1 Å². The Hall–Kier alpha value is -3.29. The highest BCUT2D eigenvalue weighted by atomic mass is 35.5. The van der Waals surface area contributed by atoms with Crippen LogP contribution in [0.15, 0.2) is 94.8 Å². The lowest BCUT2D eigenvalue weighted by atomic mass is 9.70.